The van der Waals surface area contributed by atoms with E-state index in [9.17, 15) is 0 Å². The van der Waals surface area contributed by atoms with Crippen molar-refractivity contribution in [2.75, 3.05) is 14.1 Å². The van der Waals surface area contributed by atoms with Gasteiger partial charge in [-0.15, -0.1) is 0 Å². The maximum atomic E-state index is 2.25. The van der Waals surface area contributed by atoms with Crippen molar-refractivity contribution in [2.24, 2.45) is 0 Å². The topological polar surface area (TPSA) is 3.24 Å². The van der Waals surface area contributed by atoms with Crippen molar-refractivity contribution >= 4 is 16.0 Å². The Morgan fingerprint density at radius 3 is 2.31 bits per heavy atom. The minimum absolute atomic E-state index is 0.150. The molecule has 0 amide bonds. The second-order valence-electron chi connectivity index (χ2n) is 3.13. The third kappa shape index (κ3) is 2.42. The van der Waals surface area contributed by atoms with Gasteiger partial charge in [0, 0.05) is 4.90 Å². The van der Waals surface area contributed by atoms with E-state index in [1.54, 1.807) is 0 Å². The number of hydrogen-bond donors (Lipinski definition) is 0. The predicted octanol–water partition coefficient (Wildman–Crippen LogP) is 2.92. The van der Waals surface area contributed by atoms with E-state index in [1.165, 1.54) is 10.5 Å². The van der Waals surface area contributed by atoms with Crippen molar-refractivity contribution in [3.05, 3.63) is 29.8 Å². The van der Waals surface area contributed by atoms with Crippen LogP contribution in [0.5, 0.6) is 0 Å². The summed E-state index contributed by atoms with van der Waals surface area (Å²) in [6.45, 7) is 4.29. The Bertz CT molecular complexity index is 316. The highest BCUT2D eigenvalue weighted by atomic mass is 32.2. The van der Waals surface area contributed by atoms with Crippen LogP contribution in [0.2, 0.25) is 0 Å². The van der Waals surface area contributed by atoms with E-state index < -0.39 is 0 Å². The van der Waals surface area contributed by atoms with E-state index in [2.05, 4.69) is 61.9 Å². The number of rotatable bonds is 2. The summed E-state index contributed by atoms with van der Waals surface area (Å²) < 4.78 is 2.25. The molecule has 0 aliphatic heterocycles. The number of nitrogens with zero attached hydrogens (tertiary/aromatic N) is 1. The van der Waals surface area contributed by atoms with Crippen LogP contribution in [0.3, 0.4) is 0 Å². The molecule has 1 rings (SSSR count). The molecule has 1 atom stereocenters. The Morgan fingerprint density at radius 1 is 1.23 bits per heavy atom. The predicted molar refractivity (Wildman–Crippen MR) is 62.5 cm³/mol. The summed E-state index contributed by atoms with van der Waals surface area (Å²) in [6, 6.07) is 8.57. The zero-order chi connectivity index (χ0) is 9.84. The molecule has 72 valence electrons. The molecule has 2 heteroatoms. The van der Waals surface area contributed by atoms with E-state index in [0.29, 0.717) is 0 Å². The first-order valence-electron chi connectivity index (χ1n) is 4.42. The Kier molecular flexibility index (Phi) is 3.70. The first-order chi connectivity index (χ1) is 6.16. The van der Waals surface area contributed by atoms with E-state index in [4.69, 9.17) is 0 Å². The molecule has 1 aromatic carbocycles. The second kappa shape index (κ2) is 4.58. The van der Waals surface area contributed by atoms with E-state index >= 15 is 0 Å². The molecule has 0 N–H and O–H groups in total. The average Bonchev–Trinajstić information content (AvgIpc) is 2.09. The van der Waals surface area contributed by atoms with Gasteiger partial charge in [0.2, 0.25) is 0 Å². The third-order valence-corrected chi connectivity index (χ3v) is 4.08. The van der Waals surface area contributed by atoms with Gasteiger partial charge in [-0.3, -0.25) is 4.31 Å². The summed E-state index contributed by atoms with van der Waals surface area (Å²) >= 11 is 0. The fourth-order valence-electron chi connectivity index (χ4n) is 1.33. The summed E-state index contributed by atoms with van der Waals surface area (Å²) in [5.74, 6) is 0. The molecular formula is C11H17NS. The molecule has 1 unspecified atom stereocenters. The summed E-state index contributed by atoms with van der Waals surface area (Å²) in [5, 5.41) is 2.25. The van der Waals surface area contributed by atoms with Crippen LogP contribution in [0.4, 0.5) is 0 Å². The first-order valence-corrected chi connectivity index (χ1v) is 5.67. The van der Waals surface area contributed by atoms with Gasteiger partial charge >= 0.3 is 0 Å². The summed E-state index contributed by atoms with van der Waals surface area (Å²) in [5.41, 5.74) is 1.37. The average molecular weight is 195 g/mol. The van der Waals surface area contributed by atoms with Crippen molar-refractivity contribution in [1.82, 2.24) is 4.31 Å². The molecule has 0 heterocycles. The van der Waals surface area contributed by atoms with E-state index in [0.717, 1.165) is 0 Å². The van der Waals surface area contributed by atoms with Gasteiger partial charge in [0.1, 0.15) is 0 Å². The van der Waals surface area contributed by atoms with Crippen molar-refractivity contribution in [3.63, 3.8) is 0 Å². The van der Waals surface area contributed by atoms with Crippen LogP contribution >= 0.6 is 10.7 Å². The lowest BCUT2D eigenvalue weighted by Crippen LogP contribution is -2.04. The fourth-order valence-corrected chi connectivity index (χ4v) is 3.01. The van der Waals surface area contributed by atoms with Gasteiger partial charge in [-0.25, -0.2) is 0 Å². The second-order valence-corrected chi connectivity index (χ2v) is 5.40. The minimum atomic E-state index is 0.150. The molecule has 0 aliphatic rings. The van der Waals surface area contributed by atoms with Crippen LogP contribution in [-0.4, -0.2) is 23.8 Å². The smallest absolute Gasteiger partial charge is 0.0185 e. The van der Waals surface area contributed by atoms with Gasteiger partial charge in [0.25, 0.3) is 0 Å². The molecule has 0 fully saturated rings. The molecule has 0 saturated heterocycles. The van der Waals surface area contributed by atoms with Gasteiger partial charge in [-0.2, -0.15) is 0 Å². The lowest BCUT2D eigenvalue weighted by Gasteiger charge is -2.18. The Morgan fingerprint density at radius 2 is 1.85 bits per heavy atom. The van der Waals surface area contributed by atoms with E-state index in [-0.39, 0.29) is 10.7 Å². The van der Waals surface area contributed by atoms with Crippen LogP contribution in [-0.2, 0) is 0 Å². The fraction of sp³-hybridized carbons (Fsp3) is 0.364. The van der Waals surface area contributed by atoms with Crippen molar-refractivity contribution < 1.29 is 0 Å². The highest BCUT2D eigenvalue weighted by Gasteiger charge is 2.03. The minimum Gasteiger partial charge on any atom is -0.259 e. The zero-order valence-corrected chi connectivity index (χ0v) is 9.56. The molecule has 0 spiro atoms. The van der Waals surface area contributed by atoms with Crippen LogP contribution in [0.25, 0.3) is 0 Å². The highest BCUT2D eigenvalue weighted by molar-refractivity contribution is 8.13. The Balaban J connectivity index is 3.13. The molecule has 0 bridgehead atoms. The van der Waals surface area contributed by atoms with Crippen LogP contribution in [0.15, 0.2) is 29.2 Å². The summed E-state index contributed by atoms with van der Waals surface area (Å²) in [4.78, 5) is 1.43. The molecule has 0 aliphatic carbocycles. The lowest BCUT2D eigenvalue weighted by atomic mass is 10.2. The summed E-state index contributed by atoms with van der Waals surface area (Å²) in [7, 11) is 4.39. The highest BCUT2D eigenvalue weighted by Crippen LogP contribution is 2.30. The quantitative estimate of drug-likeness (QED) is 0.656. The number of aryl methyl sites for hydroxylation is 1. The van der Waals surface area contributed by atoms with Crippen LogP contribution in [0.1, 0.15) is 12.5 Å². The van der Waals surface area contributed by atoms with Crippen molar-refractivity contribution in [1.29, 1.82) is 0 Å². The molecule has 13 heavy (non-hydrogen) atoms. The van der Waals surface area contributed by atoms with Gasteiger partial charge in [0.05, 0.1) is 0 Å². The Labute approximate surface area is 83.4 Å². The lowest BCUT2D eigenvalue weighted by molar-refractivity contribution is 0.700. The molecular weight excluding hydrogens is 178 g/mol. The van der Waals surface area contributed by atoms with Gasteiger partial charge < -0.3 is 0 Å². The zero-order valence-electron chi connectivity index (χ0n) is 8.74. The SMILES string of the molecule is C/C=S(\c1ccccc1C)N(C)C. The monoisotopic (exact) mass is 195 g/mol. The molecule has 0 aromatic heterocycles. The van der Waals surface area contributed by atoms with Gasteiger partial charge in [-0.1, -0.05) is 28.9 Å². The normalized spacial score (nSPS) is 13.6. The summed E-state index contributed by atoms with van der Waals surface area (Å²) in [6.07, 6.45) is 0. The number of benzene rings is 1. The molecule has 1 aromatic rings. The third-order valence-electron chi connectivity index (χ3n) is 1.94. The maximum Gasteiger partial charge on any atom is 0.0185 e. The first kappa shape index (κ1) is 10.5. The van der Waals surface area contributed by atoms with Gasteiger partial charge in [-0.05, 0) is 44.9 Å². The molecule has 0 radical (unpaired) electrons. The standard InChI is InChI=1S/C11H17NS/c1-5-13(12(3)4)11-9-7-6-8-10(11)2/h5-9H,1-4H3. The molecule has 1 nitrogen and oxygen atoms in total. The van der Waals surface area contributed by atoms with Crippen molar-refractivity contribution in [2.45, 2.75) is 18.7 Å². The van der Waals surface area contributed by atoms with Crippen LogP contribution < -0.4 is 0 Å². The van der Waals surface area contributed by atoms with E-state index in [1.807, 2.05) is 0 Å². The largest absolute Gasteiger partial charge is 0.259 e. The van der Waals surface area contributed by atoms with Crippen molar-refractivity contribution in [3.8, 4) is 0 Å². The van der Waals surface area contributed by atoms with Crippen LogP contribution in [0, 0.1) is 6.92 Å². The molecule has 0 saturated carbocycles. The van der Waals surface area contributed by atoms with Gasteiger partial charge in [0.15, 0.2) is 0 Å². The Hall–Kier alpha value is -0.600. The number of hydrogen-bond acceptors (Lipinski definition) is 1. The maximum absolute atomic E-state index is 2.25.